The fourth-order valence-electron chi connectivity index (χ4n) is 2.49. The first-order valence-electron chi connectivity index (χ1n) is 6.90. The van der Waals surface area contributed by atoms with Gasteiger partial charge in [-0.15, -0.1) is 0 Å². The molecule has 110 valence electrons. The maximum Gasteiger partial charge on any atom is 0.241 e. The van der Waals surface area contributed by atoms with E-state index in [2.05, 4.69) is 11.6 Å². The van der Waals surface area contributed by atoms with Crippen LogP contribution in [-0.2, 0) is 4.79 Å². The topological polar surface area (TPSA) is 41.6 Å². The summed E-state index contributed by atoms with van der Waals surface area (Å²) < 4.78 is 5.28. The first-order valence-corrected chi connectivity index (χ1v) is 8.30. The molecule has 0 radical (unpaired) electrons. The van der Waals surface area contributed by atoms with Gasteiger partial charge in [-0.05, 0) is 30.4 Å². The molecule has 2 unspecified atom stereocenters. The van der Waals surface area contributed by atoms with Crippen LogP contribution in [0.15, 0.2) is 24.3 Å². The summed E-state index contributed by atoms with van der Waals surface area (Å²) in [5.41, 5.74) is 1.08. The summed E-state index contributed by atoms with van der Waals surface area (Å²) in [6.07, 6.45) is 2.83. The lowest BCUT2D eigenvalue weighted by Gasteiger charge is -2.24. The molecule has 1 saturated heterocycles. The van der Waals surface area contributed by atoms with Crippen molar-refractivity contribution in [3.05, 3.63) is 29.8 Å². The van der Waals surface area contributed by atoms with E-state index in [1.54, 1.807) is 18.9 Å². The van der Waals surface area contributed by atoms with Gasteiger partial charge in [-0.25, -0.2) is 0 Å². The maximum absolute atomic E-state index is 12.4. The second kappa shape index (κ2) is 6.99. The van der Waals surface area contributed by atoms with Gasteiger partial charge in [-0.1, -0.05) is 19.1 Å². The summed E-state index contributed by atoms with van der Waals surface area (Å²) in [6.45, 7) is 2.81. The average Bonchev–Trinajstić information content (AvgIpc) is 2.81. The minimum absolute atomic E-state index is 0.0466. The van der Waals surface area contributed by atoms with Gasteiger partial charge in [0.25, 0.3) is 0 Å². The summed E-state index contributed by atoms with van der Waals surface area (Å²) in [5.74, 6) is 1.97. The van der Waals surface area contributed by atoms with E-state index in [4.69, 9.17) is 4.74 Å². The van der Waals surface area contributed by atoms with Crippen LogP contribution in [-0.4, -0.2) is 42.5 Å². The van der Waals surface area contributed by atoms with Gasteiger partial charge >= 0.3 is 0 Å². The van der Waals surface area contributed by atoms with E-state index in [1.165, 1.54) is 0 Å². The Kier molecular flexibility index (Phi) is 5.31. The van der Waals surface area contributed by atoms with Gasteiger partial charge in [0.2, 0.25) is 5.91 Å². The Bertz CT molecular complexity index is 467. The molecule has 1 amide bonds. The molecule has 1 fully saturated rings. The molecule has 4 nitrogen and oxygen atoms in total. The second-order valence-electron chi connectivity index (χ2n) is 4.83. The van der Waals surface area contributed by atoms with Crippen LogP contribution in [0, 0.1) is 0 Å². The molecule has 1 aliphatic rings. The van der Waals surface area contributed by atoms with Crippen LogP contribution >= 0.6 is 11.8 Å². The number of carbonyl (C=O) groups is 1. The van der Waals surface area contributed by atoms with Crippen LogP contribution in [0.3, 0.4) is 0 Å². The van der Waals surface area contributed by atoms with Crippen molar-refractivity contribution < 1.29 is 9.53 Å². The van der Waals surface area contributed by atoms with Crippen molar-refractivity contribution in [2.24, 2.45) is 0 Å². The van der Waals surface area contributed by atoms with E-state index in [9.17, 15) is 4.79 Å². The third kappa shape index (κ3) is 3.10. The highest BCUT2D eigenvalue weighted by Gasteiger charge is 2.38. The molecule has 1 aromatic carbocycles. The minimum Gasteiger partial charge on any atom is -0.497 e. The van der Waals surface area contributed by atoms with Crippen LogP contribution in [0.1, 0.15) is 25.1 Å². The SMILES string of the molecule is CCC1NC(c2cccc(OC)c2)N(CCSC)C1=O. The number of nitrogens with one attached hydrogen (secondary N) is 1. The van der Waals surface area contributed by atoms with Crippen LogP contribution < -0.4 is 10.1 Å². The number of benzene rings is 1. The van der Waals surface area contributed by atoms with Crippen molar-refractivity contribution in [1.29, 1.82) is 0 Å². The lowest BCUT2D eigenvalue weighted by Crippen LogP contribution is -2.32. The average molecular weight is 294 g/mol. The molecule has 2 atom stereocenters. The first-order chi connectivity index (χ1) is 9.71. The highest BCUT2D eigenvalue weighted by molar-refractivity contribution is 7.98. The normalized spacial score (nSPS) is 22.4. The molecule has 20 heavy (non-hydrogen) atoms. The standard InChI is InChI=1S/C15H22N2O2S/c1-4-13-15(18)17(8-9-20-3)14(16-13)11-6-5-7-12(10-11)19-2/h5-7,10,13-14,16H,4,8-9H2,1-3H3. The number of thioether (sulfide) groups is 1. The van der Waals surface area contributed by atoms with Gasteiger partial charge in [-0.3, -0.25) is 10.1 Å². The Hall–Kier alpha value is -1.20. The van der Waals surface area contributed by atoms with E-state index in [0.717, 1.165) is 30.0 Å². The number of carbonyl (C=O) groups excluding carboxylic acids is 1. The number of rotatable bonds is 6. The number of methoxy groups -OCH3 is 1. The molecule has 2 rings (SSSR count). The predicted octanol–water partition coefficient (Wildman–Crippen LogP) is 2.27. The van der Waals surface area contributed by atoms with E-state index in [1.807, 2.05) is 36.1 Å². The molecule has 5 heteroatoms. The summed E-state index contributed by atoms with van der Waals surface area (Å²) in [6, 6.07) is 7.84. The first kappa shape index (κ1) is 15.2. The third-order valence-electron chi connectivity index (χ3n) is 3.61. The number of ether oxygens (including phenoxy) is 1. The summed E-state index contributed by atoms with van der Waals surface area (Å²) >= 11 is 1.76. The van der Waals surface area contributed by atoms with E-state index in [-0.39, 0.29) is 18.1 Å². The molecule has 0 aliphatic carbocycles. The Labute approximate surface area is 124 Å². The van der Waals surface area contributed by atoms with Crippen LogP contribution in [0.4, 0.5) is 0 Å². The maximum atomic E-state index is 12.4. The van der Waals surface area contributed by atoms with Crippen molar-refractivity contribution in [3.8, 4) is 5.75 Å². The monoisotopic (exact) mass is 294 g/mol. The number of hydrogen-bond donors (Lipinski definition) is 1. The van der Waals surface area contributed by atoms with Crippen LogP contribution in [0.2, 0.25) is 0 Å². The van der Waals surface area contributed by atoms with E-state index < -0.39 is 0 Å². The Morgan fingerprint density at radius 2 is 2.25 bits per heavy atom. The minimum atomic E-state index is -0.0759. The van der Waals surface area contributed by atoms with Gasteiger partial charge in [0, 0.05) is 12.3 Å². The molecular weight excluding hydrogens is 272 g/mol. The van der Waals surface area contributed by atoms with Gasteiger partial charge < -0.3 is 9.64 Å². The van der Waals surface area contributed by atoms with Crippen molar-refractivity contribution in [2.45, 2.75) is 25.6 Å². The second-order valence-corrected chi connectivity index (χ2v) is 5.82. The van der Waals surface area contributed by atoms with Gasteiger partial charge in [0.15, 0.2) is 0 Å². The van der Waals surface area contributed by atoms with Gasteiger partial charge in [0.1, 0.15) is 11.9 Å². The molecule has 1 heterocycles. The van der Waals surface area contributed by atoms with Crippen molar-refractivity contribution in [1.82, 2.24) is 10.2 Å². The largest absolute Gasteiger partial charge is 0.497 e. The molecule has 0 bridgehead atoms. The highest BCUT2D eigenvalue weighted by Crippen LogP contribution is 2.28. The molecular formula is C15H22N2O2S. The molecule has 0 spiro atoms. The van der Waals surface area contributed by atoms with Crippen molar-refractivity contribution >= 4 is 17.7 Å². The summed E-state index contributed by atoms with van der Waals surface area (Å²) in [4.78, 5) is 14.3. The van der Waals surface area contributed by atoms with Crippen molar-refractivity contribution in [3.63, 3.8) is 0 Å². The fraction of sp³-hybridized carbons (Fsp3) is 0.533. The fourth-order valence-corrected chi connectivity index (χ4v) is 2.87. The molecule has 1 aliphatic heterocycles. The number of nitrogens with zero attached hydrogens (tertiary/aromatic N) is 1. The highest BCUT2D eigenvalue weighted by atomic mass is 32.2. The molecule has 0 saturated carbocycles. The van der Waals surface area contributed by atoms with Crippen molar-refractivity contribution in [2.75, 3.05) is 25.7 Å². The zero-order valence-corrected chi connectivity index (χ0v) is 13.1. The summed E-state index contributed by atoms with van der Waals surface area (Å²) in [5, 5.41) is 3.43. The Morgan fingerprint density at radius 3 is 2.90 bits per heavy atom. The Morgan fingerprint density at radius 1 is 1.45 bits per heavy atom. The molecule has 1 aromatic rings. The Balaban J connectivity index is 2.24. The van der Waals surface area contributed by atoms with E-state index in [0.29, 0.717) is 0 Å². The van der Waals surface area contributed by atoms with Crippen LogP contribution in [0.5, 0.6) is 5.75 Å². The van der Waals surface area contributed by atoms with E-state index >= 15 is 0 Å². The lowest BCUT2D eigenvalue weighted by molar-refractivity contribution is -0.129. The summed E-state index contributed by atoms with van der Waals surface area (Å²) in [7, 11) is 1.66. The lowest BCUT2D eigenvalue weighted by atomic mass is 10.1. The third-order valence-corrected chi connectivity index (χ3v) is 4.20. The predicted molar refractivity (Wildman–Crippen MR) is 83.0 cm³/mol. The zero-order chi connectivity index (χ0) is 14.5. The smallest absolute Gasteiger partial charge is 0.241 e. The number of hydrogen-bond acceptors (Lipinski definition) is 4. The quantitative estimate of drug-likeness (QED) is 0.874. The number of amides is 1. The molecule has 1 N–H and O–H groups in total. The zero-order valence-electron chi connectivity index (χ0n) is 12.3. The van der Waals surface area contributed by atoms with Gasteiger partial charge in [-0.2, -0.15) is 11.8 Å². The van der Waals surface area contributed by atoms with Crippen LogP contribution in [0.25, 0.3) is 0 Å². The van der Waals surface area contributed by atoms with Gasteiger partial charge in [0.05, 0.1) is 13.2 Å². The molecule has 0 aromatic heterocycles.